The van der Waals surface area contributed by atoms with Gasteiger partial charge in [-0.1, -0.05) is 11.8 Å². The molecule has 4 rings (SSSR count). The average molecular weight is 419 g/mol. The van der Waals surface area contributed by atoms with Gasteiger partial charge in [0.15, 0.2) is 0 Å². The van der Waals surface area contributed by atoms with Crippen LogP contribution in [0.15, 0.2) is 60.7 Å². The van der Waals surface area contributed by atoms with Gasteiger partial charge in [0.05, 0.1) is 27.3 Å². The first-order chi connectivity index (χ1) is 14.8. The van der Waals surface area contributed by atoms with E-state index in [-0.39, 0.29) is 34.0 Å². The van der Waals surface area contributed by atoms with Crippen LogP contribution in [0.1, 0.15) is 31.1 Å². The first kappa shape index (κ1) is 19.6. The first-order valence-electron chi connectivity index (χ1n) is 8.76. The third kappa shape index (κ3) is 3.42. The number of carboxylic acids is 1. The molecule has 0 saturated carbocycles. The Balaban J connectivity index is 1.64. The molecule has 0 saturated heterocycles. The third-order valence-electron chi connectivity index (χ3n) is 4.59. The molecular formula is C21H11N2O8-. The lowest BCUT2D eigenvalue weighted by Gasteiger charge is -2.17. The number of carbonyl (C=O) groups excluding carboxylic acids is 2. The van der Waals surface area contributed by atoms with Crippen LogP contribution in [0, 0.1) is 10.1 Å². The summed E-state index contributed by atoms with van der Waals surface area (Å²) in [4.78, 5) is 47.7. The minimum Gasteiger partial charge on any atom is -0.872 e. The monoisotopic (exact) mass is 419 g/mol. The Labute approximate surface area is 173 Å². The Hall–Kier alpha value is -4.73. The van der Waals surface area contributed by atoms with Crippen molar-refractivity contribution in [2.45, 2.75) is 0 Å². The van der Waals surface area contributed by atoms with Crippen LogP contribution in [0.2, 0.25) is 0 Å². The molecule has 10 heteroatoms. The standard InChI is InChI=1S/C21H12N2O8/c24-18-8-3-12(9-17(18)21(27)28)22-19(25)15-7-6-14(10-16(15)20(22)26)31-13-4-1-11(2-5-13)23(29)30/h1-10,24H,(H,27,28)/p-1. The second-order valence-corrected chi connectivity index (χ2v) is 6.49. The summed E-state index contributed by atoms with van der Waals surface area (Å²) in [7, 11) is 0. The summed E-state index contributed by atoms with van der Waals surface area (Å²) < 4.78 is 5.61. The number of nitro benzene ring substituents is 1. The van der Waals surface area contributed by atoms with Gasteiger partial charge in [-0.15, -0.1) is 0 Å². The van der Waals surface area contributed by atoms with Crippen LogP contribution in [0.25, 0.3) is 0 Å². The maximum atomic E-state index is 12.8. The molecule has 2 amide bonds. The number of aromatic carboxylic acids is 1. The van der Waals surface area contributed by atoms with E-state index in [0.717, 1.165) is 17.0 Å². The molecular weight excluding hydrogens is 408 g/mol. The van der Waals surface area contributed by atoms with E-state index in [9.17, 15) is 29.6 Å². The van der Waals surface area contributed by atoms with E-state index in [1.54, 1.807) is 0 Å². The Bertz CT molecular complexity index is 1270. The van der Waals surface area contributed by atoms with Crippen molar-refractivity contribution in [3.8, 4) is 17.2 Å². The van der Waals surface area contributed by atoms with Crippen molar-refractivity contribution >= 4 is 29.2 Å². The highest BCUT2D eigenvalue weighted by Crippen LogP contribution is 2.34. The van der Waals surface area contributed by atoms with Crippen LogP contribution in [0.5, 0.6) is 17.2 Å². The number of ether oxygens (including phenoxy) is 1. The number of fused-ring (bicyclic) bond motifs is 1. The van der Waals surface area contributed by atoms with Gasteiger partial charge >= 0.3 is 5.97 Å². The van der Waals surface area contributed by atoms with Gasteiger partial charge in [-0.25, -0.2) is 9.69 Å². The van der Waals surface area contributed by atoms with E-state index in [4.69, 9.17) is 9.84 Å². The summed E-state index contributed by atoms with van der Waals surface area (Å²) in [6.45, 7) is 0. The fourth-order valence-electron chi connectivity index (χ4n) is 3.11. The summed E-state index contributed by atoms with van der Waals surface area (Å²) in [6, 6.07) is 12.6. The highest BCUT2D eigenvalue weighted by molar-refractivity contribution is 6.34. The number of nitro groups is 1. The quantitative estimate of drug-likeness (QED) is 0.377. The zero-order chi connectivity index (χ0) is 22.3. The lowest BCUT2D eigenvalue weighted by atomic mass is 10.1. The number of amides is 2. The van der Waals surface area contributed by atoms with Gasteiger partial charge in [0.2, 0.25) is 0 Å². The van der Waals surface area contributed by atoms with Gasteiger partial charge in [-0.05, 0) is 42.5 Å². The largest absolute Gasteiger partial charge is 0.872 e. The average Bonchev–Trinajstić information content (AvgIpc) is 2.98. The number of nitrogens with zero attached hydrogens (tertiary/aromatic N) is 2. The minimum absolute atomic E-state index is 0.0347. The third-order valence-corrected chi connectivity index (χ3v) is 4.59. The number of rotatable bonds is 5. The molecule has 0 fully saturated rings. The van der Waals surface area contributed by atoms with Gasteiger partial charge in [0, 0.05) is 12.1 Å². The second-order valence-electron chi connectivity index (χ2n) is 6.49. The second kappa shape index (κ2) is 7.26. The maximum Gasteiger partial charge on any atom is 0.335 e. The number of anilines is 1. The van der Waals surface area contributed by atoms with Gasteiger partial charge in [0.25, 0.3) is 17.5 Å². The Kier molecular flexibility index (Phi) is 4.59. The summed E-state index contributed by atoms with van der Waals surface area (Å²) >= 11 is 0. The van der Waals surface area contributed by atoms with Crippen molar-refractivity contribution in [2.75, 3.05) is 4.90 Å². The summed E-state index contributed by atoms with van der Waals surface area (Å²) in [5.74, 6) is -3.08. The maximum absolute atomic E-state index is 12.8. The highest BCUT2D eigenvalue weighted by atomic mass is 16.6. The highest BCUT2D eigenvalue weighted by Gasteiger charge is 2.37. The number of benzene rings is 3. The van der Waals surface area contributed by atoms with Crippen LogP contribution in [0.4, 0.5) is 11.4 Å². The van der Waals surface area contributed by atoms with E-state index in [0.29, 0.717) is 0 Å². The topological polar surface area (TPSA) is 150 Å². The van der Waals surface area contributed by atoms with Crippen LogP contribution < -0.4 is 14.7 Å². The predicted octanol–water partition coefficient (Wildman–Crippen LogP) is 2.96. The van der Waals surface area contributed by atoms with E-state index in [1.807, 2.05) is 0 Å². The van der Waals surface area contributed by atoms with Crippen LogP contribution in [-0.4, -0.2) is 27.8 Å². The minimum atomic E-state index is -1.47. The number of hydrogen-bond acceptors (Lipinski definition) is 7. The number of imide groups is 1. The van der Waals surface area contributed by atoms with Crippen molar-refractivity contribution in [1.82, 2.24) is 0 Å². The summed E-state index contributed by atoms with van der Waals surface area (Å²) in [5, 5.41) is 31.5. The normalized spacial score (nSPS) is 12.6. The molecule has 0 radical (unpaired) electrons. The fourth-order valence-corrected chi connectivity index (χ4v) is 3.11. The van der Waals surface area contributed by atoms with E-state index in [1.165, 1.54) is 48.5 Å². The Morgan fingerprint density at radius 3 is 2.19 bits per heavy atom. The molecule has 1 heterocycles. The van der Waals surface area contributed by atoms with Crippen molar-refractivity contribution in [1.29, 1.82) is 0 Å². The molecule has 1 aliphatic rings. The predicted molar refractivity (Wildman–Crippen MR) is 104 cm³/mol. The van der Waals surface area contributed by atoms with Crippen molar-refractivity contribution < 1.29 is 34.3 Å². The Morgan fingerprint density at radius 2 is 1.55 bits per heavy atom. The molecule has 1 aliphatic heterocycles. The molecule has 0 aromatic heterocycles. The van der Waals surface area contributed by atoms with E-state index >= 15 is 0 Å². The van der Waals surface area contributed by atoms with E-state index in [2.05, 4.69) is 0 Å². The SMILES string of the molecule is O=C(O)c1cc(N2C(=O)c3ccc(Oc4ccc([N+](=O)[O-])cc4)cc3C2=O)ccc1[O-]. The van der Waals surface area contributed by atoms with Gasteiger partial charge < -0.3 is 14.9 Å². The molecule has 10 nitrogen and oxygen atoms in total. The number of hydrogen-bond donors (Lipinski definition) is 1. The zero-order valence-corrected chi connectivity index (χ0v) is 15.5. The molecule has 31 heavy (non-hydrogen) atoms. The number of carbonyl (C=O) groups is 3. The summed E-state index contributed by atoms with van der Waals surface area (Å²) in [6.07, 6.45) is 0. The molecule has 0 spiro atoms. The van der Waals surface area contributed by atoms with Crippen molar-refractivity contribution in [3.05, 3.63) is 87.5 Å². The molecule has 0 aliphatic carbocycles. The first-order valence-corrected chi connectivity index (χ1v) is 8.76. The number of non-ortho nitro benzene ring substituents is 1. The summed E-state index contributed by atoms with van der Waals surface area (Å²) in [5.41, 5.74) is -0.587. The molecule has 0 atom stereocenters. The molecule has 1 N–H and O–H groups in total. The van der Waals surface area contributed by atoms with Crippen molar-refractivity contribution in [2.24, 2.45) is 0 Å². The van der Waals surface area contributed by atoms with Crippen molar-refractivity contribution in [3.63, 3.8) is 0 Å². The lowest BCUT2D eigenvalue weighted by molar-refractivity contribution is -0.384. The molecule has 3 aromatic rings. The van der Waals surface area contributed by atoms with E-state index < -0.39 is 34.0 Å². The molecule has 0 unspecified atom stereocenters. The van der Waals surface area contributed by atoms with Crippen LogP contribution >= 0.6 is 0 Å². The number of carboxylic acid groups (broad SMARTS) is 1. The van der Waals surface area contributed by atoms with Gasteiger partial charge in [-0.3, -0.25) is 19.7 Å². The van der Waals surface area contributed by atoms with Crippen LogP contribution in [-0.2, 0) is 0 Å². The fraction of sp³-hybridized carbons (Fsp3) is 0. The molecule has 0 bridgehead atoms. The smallest absolute Gasteiger partial charge is 0.335 e. The van der Waals surface area contributed by atoms with Gasteiger partial charge in [-0.2, -0.15) is 0 Å². The van der Waals surface area contributed by atoms with Gasteiger partial charge in [0.1, 0.15) is 11.5 Å². The lowest BCUT2D eigenvalue weighted by Crippen LogP contribution is -2.29. The molecule has 3 aromatic carbocycles. The molecule has 154 valence electrons. The zero-order valence-electron chi connectivity index (χ0n) is 15.5. The Morgan fingerprint density at radius 1 is 0.903 bits per heavy atom. The van der Waals surface area contributed by atoms with Crippen LogP contribution in [0.3, 0.4) is 0 Å².